The van der Waals surface area contributed by atoms with Gasteiger partial charge in [-0.1, -0.05) is 30.3 Å². The maximum atomic E-state index is 12.5. The standard InChI is InChI=1S/C26H28N6O2/c1-17(27)26(33)31-13-5-6-19(14-31)32-15-22(23-24(28)29-16-30-25(23)32)18-9-11-21(12-10-18)34-20-7-3-2-4-8-20/h2-4,7-12,15-17,19H,5-6,13-14,27H2,1H3,(H2,28,29,30)/t17-,19-/m1/s1. The van der Waals surface area contributed by atoms with Gasteiger partial charge in [0, 0.05) is 24.8 Å². The zero-order chi connectivity index (χ0) is 23.7. The Balaban J connectivity index is 1.49. The molecule has 0 radical (unpaired) electrons. The highest BCUT2D eigenvalue weighted by Crippen LogP contribution is 2.37. The lowest BCUT2D eigenvalue weighted by Gasteiger charge is -2.34. The minimum atomic E-state index is -0.509. The van der Waals surface area contributed by atoms with E-state index in [4.69, 9.17) is 16.2 Å². The molecular formula is C26H28N6O2. The molecule has 174 valence electrons. The molecule has 8 nitrogen and oxygen atoms in total. The van der Waals surface area contributed by atoms with E-state index < -0.39 is 6.04 Å². The van der Waals surface area contributed by atoms with Gasteiger partial charge >= 0.3 is 0 Å². The number of rotatable bonds is 5. The molecule has 5 rings (SSSR count). The normalized spacial score (nSPS) is 17.0. The summed E-state index contributed by atoms with van der Waals surface area (Å²) < 4.78 is 8.07. The SMILES string of the molecule is C[C@@H](N)C(=O)N1CCC[C@@H](n2cc(-c3ccc(Oc4ccccc4)cc3)c3c(N)ncnc32)C1. The van der Waals surface area contributed by atoms with Crippen LogP contribution in [0, 0.1) is 0 Å². The van der Waals surface area contributed by atoms with E-state index in [1.807, 2.05) is 59.5 Å². The summed E-state index contributed by atoms with van der Waals surface area (Å²) in [6.07, 6.45) is 5.42. The smallest absolute Gasteiger partial charge is 0.239 e. The third kappa shape index (κ3) is 4.20. The van der Waals surface area contributed by atoms with Crippen LogP contribution in [0.2, 0.25) is 0 Å². The van der Waals surface area contributed by atoms with Crippen molar-refractivity contribution in [2.75, 3.05) is 18.8 Å². The number of likely N-dealkylation sites (tertiary alicyclic amines) is 1. The fourth-order valence-electron chi connectivity index (χ4n) is 4.60. The number of carbonyl (C=O) groups is 1. The van der Waals surface area contributed by atoms with Gasteiger partial charge in [0.15, 0.2) is 0 Å². The van der Waals surface area contributed by atoms with Crippen molar-refractivity contribution in [2.24, 2.45) is 5.73 Å². The van der Waals surface area contributed by atoms with Crippen LogP contribution in [-0.4, -0.2) is 44.5 Å². The summed E-state index contributed by atoms with van der Waals surface area (Å²) in [5.41, 5.74) is 14.9. The molecule has 1 fully saturated rings. The monoisotopic (exact) mass is 456 g/mol. The van der Waals surface area contributed by atoms with Crippen molar-refractivity contribution >= 4 is 22.8 Å². The Morgan fingerprint density at radius 1 is 1.09 bits per heavy atom. The van der Waals surface area contributed by atoms with Crippen molar-refractivity contribution in [2.45, 2.75) is 31.8 Å². The van der Waals surface area contributed by atoms with Crippen LogP contribution >= 0.6 is 0 Å². The molecule has 1 aliphatic heterocycles. The average Bonchev–Trinajstić information content (AvgIpc) is 3.26. The molecule has 0 unspecified atom stereocenters. The Hall–Kier alpha value is -3.91. The van der Waals surface area contributed by atoms with Gasteiger partial charge in [-0.3, -0.25) is 4.79 Å². The number of para-hydroxylation sites is 1. The Labute approximate surface area is 198 Å². The van der Waals surface area contributed by atoms with Crippen LogP contribution in [0.25, 0.3) is 22.2 Å². The van der Waals surface area contributed by atoms with E-state index >= 15 is 0 Å². The molecule has 4 aromatic rings. The first-order chi connectivity index (χ1) is 16.5. The number of ether oxygens (including phenoxy) is 1. The van der Waals surface area contributed by atoms with E-state index in [2.05, 4.69) is 20.7 Å². The first-order valence-corrected chi connectivity index (χ1v) is 11.5. The van der Waals surface area contributed by atoms with Crippen molar-refractivity contribution in [1.29, 1.82) is 0 Å². The number of anilines is 1. The van der Waals surface area contributed by atoms with Crippen molar-refractivity contribution in [3.05, 3.63) is 67.1 Å². The van der Waals surface area contributed by atoms with Gasteiger partial charge in [-0.15, -0.1) is 0 Å². The van der Waals surface area contributed by atoms with Crippen LogP contribution in [-0.2, 0) is 4.79 Å². The first kappa shape index (κ1) is 21.9. The number of hydrogen-bond acceptors (Lipinski definition) is 6. The van der Waals surface area contributed by atoms with Gasteiger partial charge in [-0.05, 0) is 49.6 Å². The van der Waals surface area contributed by atoms with Crippen molar-refractivity contribution in [3.8, 4) is 22.6 Å². The summed E-state index contributed by atoms with van der Waals surface area (Å²) in [5, 5.41) is 0.815. The van der Waals surface area contributed by atoms with Crippen LogP contribution in [0.3, 0.4) is 0 Å². The van der Waals surface area contributed by atoms with E-state index in [0.717, 1.165) is 53.0 Å². The quantitative estimate of drug-likeness (QED) is 0.470. The maximum absolute atomic E-state index is 12.5. The van der Waals surface area contributed by atoms with Crippen molar-refractivity contribution < 1.29 is 9.53 Å². The van der Waals surface area contributed by atoms with Crippen LogP contribution in [0.15, 0.2) is 67.1 Å². The molecule has 0 aliphatic carbocycles. The van der Waals surface area contributed by atoms with E-state index in [1.165, 1.54) is 6.33 Å². The molecule has 0 bridgehead atoms. The highest BCUT2D eigenvalue weighted by atomic mass is 16.5. The second-order valence-electron chi connectivity index (χ2n) is 8.72. The summed E-state index contributed by atoms with van der Waals surface area (Å²) in [5.74, 6) is 1.94. The molecule has 3 heterocycles. The predicted molar refractivity (Wildman–Crippen MR) is 132 cm³/mol. The van der Waals surface area contributed by atoms with Gasteiger partial charge < -0.3 is 25.7 Å². The summed E-state index contributed by atoms with van der Waals surface area (Å²) in [6, 6.07) is 17.2. The molecule has 4 N–H and O–H groups in total. The average molecular weight is 457 g/mol. The summed E-state index contributed by atoms with van der Waals surface area (Å²) >= 11 is 0. The largest absolute Gasteiger partial charge is 0.457 e. The molecule has 0 saturated carbocycles. The van der Waals surface area contributed by atoms with E-state index in [0.29, 0.717) is 12.4 Å². The molecular weight excluding hydrogens is 428 g/mol. The van der Waals surface area contributed by atoms with E-state index in [-0.39, 0.29) is 11.9 Å². The van der Waals surface area contributed by atoms with Gasteiger partial charge in [0.2, 0.25) is 5.91 Å². The number of benzene rings is 2. The minimum absolute atomic E-state index is 0.0236. The summed E-state index contributed by atoms with van der Waals surface area (Å²) in [4.78, 5) is 23.2. The predicted octanol–water partition coefficient (Wildman–Crippen LogP) is 3.98. The highest BCUT2D eigenvalue weighted by molar-refractivity contribution is 6.00. The van der Waals surface area contributed by atoms with Crippen LogP contribution in [0.4, 0.5) is 5.82 Å². The maximum Gasteiger partial charge on any atom is 0.239 e. The minimum Gasteiger partial charge on any atom is -0.457 e. The van der Waals surface area contributed by atoms with E-state index in [1.54, 1.807) is 6.92 Å². The summed E-state index contributed by atoms with van der Waals surface area (Å²) in [6.45, 7) is 3.05. The number of amides is 1. The van der Waals surface area contributed by atoms with Crippen molar-refractivity contribution in [3.63, 3.8) is 0 Å². The fraction of sp³-hybridized carbons (Fsp3) is 0.269. The zero-order valence-electron chi connectivity index (χ0n) is 19.1. The molecule has 1 amide bonds. The number of piperidine rings is 1. The highest BCUT2D eigenvalue weighted by Gasteiger charge is 2.28. The molecule has 8 heteroatoms. The second kappa shape index (κ2) is 9.15. The Morgan fingerprint density at radius 3 is 2.56 bits per heavy atom. The van der Waals surface area contributed by atoms with Gasteiger partial charge in [-0.2, -0.15) is 0 Å². The third-order valence-electron chi connectivity index (χ3n) is 6.27. The lowest BCUT2D eigenvalue weighted by Crippen LogP contribution is -2.47. The zero-order valence-corrected chi connectivity index (χ0v) is 19.1. The van der Waals surface area contributed by atoms with Gasteiger partial charge in [0.1, 0.15) is 29.3 Å². The van der Waals surface area contributed by atoms with Gasteiger partial charge in [0.05, 0.1) is 17.5 Å². The topological polar surface area (TPSA) is 112 Å². The van der Waals surface area contributed by atoms with Crippen LogP contribution in [0.1, 0.15) is 25.8 Å². The molecule has 2 atom stereocenters. The Kier molecular flexibility index (Phi) is 5.90. The van der Waals surface area contributed by atoms with E-state index in [9.17, 15) is 4.79 Å². The Bertz CT molecular complexity index is 1300. The van der Waals surface area contributed by atoms with Crippen LogP contribution < -0.4 is 16.2 Å². The van der Waals surface area contributed by atoms with Crippen molar-refractivity contribution in [1.82, 2.24) is 19.4 Å². The molecule has 34 heavy (non-hydrogen) atoms. The molecule has 2 aromatic carbocycles. The molecule has 1 aliphatic rings. The molecule has 0 spiro atoms. The number of nitrogens with two attached hydrogens (primary N) is 2. The number of carbonyl (C=O) groups excluding carboxylic acids is 1. The van der Waals surface area contributed by atoms with Crippen LogP contribution in [0.5, 0.6) is 11.5 Å². The van der Waals surface area contributed by atoms with Gasteiger partial charge in [0.25, 0.3) is 0 Å². The second-order valence-corrected chi connectivity index (χ2v) is 8.72. The number of aromatic nitrogens is 3. The first-order valence-electron chi connectivity index (χ1n) is 11.5. The fourth-order valence-corrected chi connectivity index (χ4v) is 4.60. The summed E-state index contributed by atoms with van der Waals surface area (Å²) in [7, 11) is 0. The Morgan fingerprint density at radius 2 is 1.82 bits per heavy atom. The number of fused-ring (bicyclic) bond motifs is 1. The lowest BCUT2D eigenvalue weighted by atomic mass is 10.0. The number of nitrogen functional groups attached to an aromatic ring is 1. The lowest BCUT2D eigenvalue weighted by molar-refractivity contribution is -0.133. The molecule has 2 aromatic heterocycles. The van der Waals surface area contributed by atoms with Gasteiger partial charge in [-0.25, -0.2) is 9.97 Å². The number of hydrogen-bond donors (Lipinski definition) is 2. The number of nitrogens with zero attached hydrogens (tertiary/aromatic N) is 4. The third-order valence-corrected chi connectivity index (χ3v) is 6.27. The molecule has 1 saturated heterocycles.